The second-order valence-electron chi connectivity index (χ2n) is 8.73. The summed E-state index contributed by atoms with van der Waals surface area (Å²) >= 11 is 1.68. The van der Waals surface area contributed by atoms with E-state index in [9.17, 15) is 9.59 Å². The maximum atomic E-state index is 13.8. The Labute approximate surface area is 208 Å². The lowest BCUT2D eigenvalue weighted by Gasteiger charge is -2.24. The summed E-state index contributed by atoms with van der Waals surface area (Å²) in [6, 6.07) is 19.0. The number of thioether (sulfide) groups is 1. The molecule has 0 fully saturated rings. The van der Waals surface area contributed by atoms with Crippen LogP contribution in [0, 0.1) is 13.8 Å². The van der Waals surface area contributed by atoms with E-state index in [-0.39, 0.29) is 10.8 Å². The van der Waals surface area contributed by atoms with E-state index in [1.165, 1.54) is 11.8 Å². The molecule has 2 heterocycles. The minimum absolute atomic E-state index is 0.171. The summed E-state index contributed by atoms with van der Waals surface area (Å²) in [5.74, 6) is -0.569. The van der Waals surface area contributed by atoms with E-state index in [0.29, 0.717) is 16.8 Å². The van der Waals surface area contributed by atoms with Crippen LogP contribution in [0.1, 0.15) is 44.3 Å². The first-order valence-electron chi connectivity index (χ1n) is 11.3. The summed E-state index contributed by atoms with van der Waals surface area (Å²) in [5.41, 5.74) is 6.18. The van der Waals surface area contributed by atoms with E-state index in [2.05, 4.69) is 18.3 Å². The first-order chi connectivity index (χ1) is 16.8. The molecule has 176 valence electrons. The van der Waals surface area contributed by atoms with Crippen molar-refractivity contribution in [1.29, 1.82) is 0 Å². The molecule has 0 amide bonds. The van der Waals surface area contributed by atoms with Crippen molar-refractivity contribution in [1.82, 2.24) is 15.1 Å². The van der Waals surface area contributed by atoms with E-state index in [1.807, 2.05) is 67.9 Å². The predicted octanol–water partition coefficient (Wildman–Crippen LogP) is 5.78. The third-order valence-corrected chi connectivity index (χ3v) is 7.53. The standard InChI is InChI=1S/C28H25N3O3S/c1-17-6-5-7-18(2)24(17)26(32)31-23-16-21(28(3)29-14-15-35-28)12-13-22(23)25(30-31)19-8-10-20(11-9-19)27(33)34-4/h5-16,29H,1-4H3. The highest BCUT2D eigenvalue weighted by atomic mass is 32.2. The second kappa shape index (κ2) is 8.74. The van der Waals surface area contributed by atoms with Gasteiger partial charge in [0.25, 0.3) is 5.91 Å². The van der Waals surface area contributed by atoms with Crippen LogP contribution in [-0.4, -0.2) is 28.8 Å². The molecule has 3 aromatic carbocycles. The van der Waals surface area contributed by atoms with Crippen molar-refractivity contribution in [3.05, 3.63) is 100 Å². The van der Waals surface area contributed by atoms with Crippen molar-refractivity contribution in [2.45, 2.75) is 25.6 Å². The molecule has 6 nitrogen and oxygen atoms in total. The van der Waals surface area contributed by atoms with Gasteiger partial charge < -0.3 is 10.1 Å². The molecule has 0 aliphatic carbocycles. The minimum atomic E-state index is -0.398. The molecule has 5 rings (SSSR count). The van der Waals surface area contributed by atoms with Crippen molar-refractivity contribution in [2.24, 2.45) is 0 Å². The van der Waals surface area contributed by atoms with Gasteiger partial charge in [0.2, 0.25) is 0 Å². The zero-order chi connectivity index (χ0) is 24.7. The van der Waals surface area contributed by atoms with Crippen LogP contribution in [0.15, 0.2) is 72.3 Å². The smallest absolute Gasteiger partial charge is 0.337 e. The van der Waals surface area contributed by atoms with Crippen molar-refractivity contribution in [3.63, 3.8) is 0 Å². The van der Waals surface area contributed by atoms with Gasteiger partial charge in [-0.25, -0.2) is 4.79 Å². The highest BCUT2D eigenvalue weighted by Gasteiger charge is 2.30. The fourth-order valence-corrected chi connectivity index (χ4v) is 5.28. The molecule has 1 aliphatic heterocycles. The molecule has 1 aromatic heterocycles. The number of methoxy groups -OCH3 is 1. The molecule has 0 spiro atoms. The van der Waals surface area contributed by atoms with Gasteiger partial charge in [-0.3, -0.25) is 4.79 Å². The molecule has 1 N–H and O–H groups in total. The maximum absolute atomic E-state index is 13.8. The van der Waals surface area contributed by atoms with Gasteiger partial charge in [0.1, 0.15) is 10.6 Å². The molecule has 0 saturated carbocycles. The number of rotatable bonds is 4. The molecule has 1 atom stereocenters. The summed E-state index contributed by atoms with van der Waals surface area (Å²) in [7, 11) is 1.36. The van der Waals surface area contributed by atoms with Gasteiger partial charge in [0.15, 0.2) is 0 Å². The van der Waals surface area contributed by atoms with Crippen LogP contribution in [0.25, 0.3) is 22.2 Å². The Morgan fingerprint density at radius 2 is 1.74 bits per heavy atom. The van der Waals surface area contributed by atoms with Gasteiger partial charge in [0.05, 0.1) is 18.2 Å². The molecule has 1 unspecified atom stereocenters. The molecule has 0 saturated heterocycles. The van der Waals surface area contributed by atoms with Crippen LogP contribution in [0.3, 0.4) is 0 Å². The first kappa shape index (κ1) is 22.9. The molecule has 4 aromatic rings. The fraction of sp³-hybridized carbons (Fsp3) is 0.179. The molecule has 35 heavy (non-hydrogen) atoms. The van der Waals surface area contributed by atoms with Crippen molar-refractivity contribution < 1.29 is 14.3 Å². The number of hydrogen-bond donors (Lipinski definition) is 1. The Morgan fingerprint density at radius 1 is 1.03 bits per heavy atom. The molecule has 0 radical (unpaired) electrons. The molecule has 7 heteroatoms. The number of benzene rings is 3. The van der Waals surface area contributed by atoms with Gasteiger partial charge in [-0.05, 0) is 61.1 Å². The normalized spacial score (nSPS) is 16.9. The number of fused-ring (bicyclic) bond motifs is 1. The van der Waals surface area contributed by atoms with Gasteiger partial charge >= 0.3 is 5.97 Å². The summed E-state index contributed by atoms with van der Waals surface area (Å²) in [5, 5.41) is 11.1. The van der Waals surface area contributed by atoms with E-state index in [1.54, 1.807) is 23.9 Å². The van der Waals surface area contributed by atoms with Crippen LogP contribution in [-0.2, 0) is 9.61 Å². The summed E-state index contributed by atoms with van der Waals surface area (Å²) in [4.78, 5) is 25.4. The highest BCUT2D eigenvalue weighted by molar-refractivity contribution is 8.03. The third kappa shape index (κ3) is 3.91. The van der Waals surface area contributed by atoms with Gasteiger partial charge in [-0.2, -0.15) is 9.78 Å². The average Bonchev–Trinajstić information content (AvgIpc) is 3.48. The lowest BCUT2D eigenvalue weighted by Crippen LogP contribution is -2.28. The zero-order valence-corrected chi connectivity index (χ0v) is 20.8. The topological polar surface area (TPSA) is 73.2 Å². The molecular weight excluding hydrogens is 458 g/mol. The Kier molecular flexibility index (Phi) is 5.73. The number of nitrogens with one attached hydrogen (secondary N) is 1. The highest BCUT2D eigenvalue weighted by Crippen LogP contribution is 2.40. The number of carbonyl (C=O) groups is 2. The predicted molar refractivity (Wildman–Crippen MR) is 139 cm³/mol. The lowest BCUT2D eigenvalue weighted by atomic mass is 10.0. The monoisotopic (exact) mass is 483 g/mol. The number of carbonyl (C=O) groups excluding carboxylic acids is 2. The lowest BCUT2D eigenvalue weighted by molar-refractivity contribution is 0.0600. The number of esters is 1. The van der Waals surface area contributed by atoms with Crippen LogP contribution in [0.4, 0.5) is 0 Å². The van der Waals surface area contributed by atoms with Gasteiger partial charge in [-0.15, -0.1) is 0 Å². The van der Waals surface area contributed by atoms with Crippen LogP contribution in [0.5, 0.6) is 0 Å². The number of ether oxygens (including phenoxy) is 1. The van der Waals surface area contributed by atoms with Gasteiger partial charge in [-0.1, -0.05) is 54.2 Å². The Morgan fingerprint density at radius 3 is 2.37 bits per heavy atom. The van der Waals surface area contributed by atoms with E-state index in [4.69, 9.17) is 9.84 Å². The summed E-state index contributed by atoms with van der Waals surface area (Å²) < 4.78 is 6.32. The molecular formula is C28H25N3O3S. The van der Waals surface area contributed by atoms with Crippen LogP contribution in [0.2, 0.25) is 0 Å². The largest absolute Gasteiger partial charge is 0.465 e. The maximum Gasteiger partial charge on any atom is 0.337 e. The van der Waals surface area contributed by atoms with Crippen LogP contribution >= 0.6 is 11.8 Å². The molecule has 0 bridgehead atoms. The SMILES string of the molecule is COC(=O)c1ccc(-c2nn(C(=O)c3c(C)cccc3C)c3cc(C4(C)NC=CS4)ccc23)cc1. The zero-order valence-electron chi connectivity index (χ0n) is 20.0. The van der Waals surface area contributed by atoms with Crippen molar-refractivity contribution in [2.75, 3.05) is 7.11 Å². The van der Waals surface area contributed by atoms with Crippen molar-refractivity contribution in [3.8, 4) is 11.3 Å². The molecule has 1 aliphatic rings. The minimum Gasteiger partial charge on any atom is -0.465 e. The van der Waals surface area contributed by atoms with E-state index >= 15 is 0 Å². The number of nitrogens with zero attached hydrogens (tertiary/aromatic N) is 2. The number of hydrogen-bond acceptors (Lipinski definition) is 6. The van der Waals surface area contributed by atoms with Crippen molar-refractivity contribution >= 4 is 34.5 Å². The Hall–Kier alpha value is -3.84. The summed E-state index contributed by atoms with van der Waals surface area (Å²) in [6.07, 6.45) is 1.93. The quantitative estimate of drug-likeness (QED) is 0.371. The third-order valence-electron chi connectivity index (χ3n) is 6.43. The fourth-order valence-electron chi connectivity index (χ4n) is 4.47. The summed E-state index contributed by atoms with van der Waals surface area (Å²) in [6.45, 7) is 5.99. The van der Waals surface area contributed by atoms with Crippen LogP contribution < -0.4 is 5.32 Å². The van der Waals surface area contributed by atoms with E-state index in [0.717, 1.165) is 33.2 Å². The van der Waals surface area contributed by atoms with Gasteiger partial charge in [0, 0.05) is 22.7 Å². The Balaban J connectivity index is 1.70. The average molecular weight is 484 g/mol. The number of aromatic nitrogens is 2. The Bertz CT molecular complexity index is 1470. The van der Waals surface area contributed by atoms with E-state index < -0.39 is 5.97 Å². The number of aryl methyl sites for hydroxylation is 2. The first-order valence-corrected chi connectivity index (χ1v) is 12.1. The second-order valence-corrected chi connectivity index (χ2v) is 10.1.